The lowest BCUT2D eigenvalue weighted by Gasteiger charge is -2.33. The molecule has 1 saturated carbocycles. The van der Waals surface area contributed by atoms with Gasteiger partial charge < -0.3 is 15.0 Å². The zero-order valence-electron chi connectivity index (χ0n) is 24.6. The van der Waals surface area contributed by atoms with Crippen molar-refractivity contribution in [2.45, 2.75) is 69.5 Å². The van der Waals surface area contributed by atoms with E-state index >= 15 is 0 Å². The first-order valence-corrected chi connectivity index (χ1v) is 16.7. The predicted octanol–water partition coefficient (Wildman–Crippen LogP) is 6.59. The summed E-state index contributed by atoms with van der Waals surface area (Å²) in [5.74, 6) is -1.10. The fourth-order valence-electron chi connectivity index (χ4n) is 5.14. The van der Waals surface area contributed by atoms with E-state index in [4.69, 9.17) is 27.9 Å². The summed E-state index contributed by atoms with van der Waals surface area (Å²) in [4.78, 5) is 28.7. The largest absolute Gasteiger partial charge is 0.494 e. The lowest BCUT2D eigenvalue weighted by molar-refractivity contribution is -0.139. The fraction of sp³-hybridized carbons (Fsp3) is 0.375. The first kappa shape index (κ1) is 33.6. The minimum Gasteiger partial charge on any atom is -0.494 e. The summed E-state index contributed by atoms with van der Waals surface area (Å²) >= 11 is 12.9. The number of nitrogens with one attached hydrogen (secondary N) is 1. The van der Waals surface area contributed by atoms with Crippen LogP contribution in [0.5, 0.6) is 5.75 Å². The Morgan fingerprint density at radius 1 is 0.977 bits per heavy atom. The van der Waals surface area contributed by atoms with Gasteiger partial charge in [0, 0.05) is 28.2 Å². The van der Waals surface area contributed by atoms with Crippen molar-refractivity contribution < 1.29 is 27.1 Å². The molecule has 8 nitrogen and oxygen atoms in total. The third kappa shape index (κ3) is 8.22. The number of carbonyl (C=O) groups is 2. The maximum atomic E-state index is 14.2. The fourth-order valence-corrected chi connectivity index (χ4v) is 7.07. The predicted molar refractivity (Wildman–Crippen MR) is 170 cm³/mol. The Hall–Kier alpha value is -3.34. The van der Waals surface area contributed by atoms with Gasteiger partial charge in [-0.25, -0.2) is 12.8 Å². The first-order chi connectivity index (χ1) is 21.0. The molecule has 0 radical (unpaired) electrons. The summed E-state index contributed by atoms with van der Waals surface area (Å²) in [7, 11) is -4.36. The summed E-state index contributed by atoms with van der Waals surface area (Å²) in [6, 6.07) is 14.5. The van der Waals surface area contributed by atoms with Crippen molar-refractivity contribution in [3.8, 4) is 5.75 Å². The molecular weight excluding hydrogens is 628 g/mol. The molecule has 1 atom stereocenters. The van der Waals surface area contributed by atoms with E-state index in [0.717, 1.165) is 60.7 Å². The number of ether oxygens (including phenoxy) is 1. The minimum absolute atomic E-state index is 0.00115. The summed E-state index contributed by atoms with van der Waals surface area (Å²) in [5.41, 5.74) is 0.608. The highest BCUT2D eigenvalue weighted by atomic mass is 35.5. The quantitative estimate of drug-likeness (QED) is 0.236. The molecule has 0 unspecified atom stereocenters. The molecular formula is C32H36Cl2FN3O5S. The van der Waals surface area contributed by atoms with Crippen molar-refractivity contribution >= 4 is 50.7 Å². The smallest absolute Gasteiger partial charge is 0.264 e. The molecule has 1 aliphatic carbocycles. The highest BCUT2D eigenvalue weighted by Crippen LogP contribution is 2.29. The van der Waals surface area contributed by atoms with Gasteiger partial charge in [-0.3, -0.25) is 13.9 Å². The van der Waals surface area contributed by atoms with E-state index in [2.05, 4.69) is 5.32 Å². The zero-order valence-corrected chi connectivity index (χ0v) is 27.0. The third-order valence-electron chi connectivity index (χ3n) is 7.63. The number of benzene rings is 3. The number of carbonyl (C=O) groups excluding carboxylic acids is 2. The molecule has 1 fully saturated rings. The van der Waals surface area contributed by atoms with Crippen LogP contribution in [0.25, 0.3) is 0 Å². The number of amides is 2. The summed E-state index contributed by atoms with van der Waals surface area (Å²) in [6.45, 7) is 3.04. The Kier molecular flexibility index (Phi) is 11.5. The Balaban J connectivity index is 1.71. The van der Waals surface area contributed by atoms with Crippen LogP contribution in [0.15, 0.2) is 71.6 Å². The van der Waals surface area contributed by atoms with E-state index < -0.39 is 34.3 Å². The van der Waals surface area contributed by atoms with E-state index in [1.165, 1.54) is 17.0 Å². The van der Waals surface area contributed by atoms with Crippen molar-refractivity contribution in [1.29, 1.82) is 0 Å². The SMILES string of the molecule is CCOc1ccc(N(CC(=O)N(Cc2c(Cl)cccc2Cl)[C@@H](C)C(=O)NC2CCCCC2)S(=O)(=O)c2ccc(F)cc2)cc1. The van der Waals surface area contributed by atoms with Crippen LogP contribution in [-0.2, 0) is 26.2 Å². The maximum Gasteiger partial charge on any atom is 0.264 e. The van der Waals surface area contributed by atoms with Crippen LogP contribution >= 0.6 is 23.2 Å². The second-order valence-electron chi connectivity index (χ2n) is 10.6. The number of halogens is 3. The van der Waals surface area contributed by atoms with Gasteiger partial charge >= 0.3 is 0 Å². The zero-order chi connectivity index (χ0) is 31.9. The average Bonchev–Trinajstić information content (AvgIpc) is 3.00. The number of hydrogen-bond donors (Lipinski definition) is 1. The molecule has 0 spiro atoms. The van der Waals surface area contributed by atoms with Crippen LogP contribution in [0.3, 0.4) is 0 Å². The molecule has 0 heterocycles. The summed E-state index contributed by atoms with van der Waals surface area (Å²) in [5, 5.41) is 3.66. The minimum atomic E-state index is -4.36. The lowest BCUT2D eigenvalue weighted by atomic mass is 9.95. The standard InChI is InChI=1S/C32H36Cl2FN3O5S/c1-3-43-26-16-14-25(15-17-26)38(44(41,42)27-18-12-23(35)13-19-27)21-31(39)37(20-28-29(33)10-7-11-30(28)34)22(2)32(40)36-24-8-5-4-6-9-24/h7,10-19,22,24H,3-6,8-9,20-21H2,1-2H3,(H,36,40)/t22-/m0/s1. The van der Waals surface area contributed by atoms with Crippen molar-refractivity contribution in [2.75, 3.05) is 17.5 Å². The Labute approximate surface area is 268 Å². The molecule has 2 amide bonds. The van der Waals surface area contributed by atoms with E-state index in [9.17, 15) is 22.4 Å². The van der Waals surface area contributed by atoms with E-state index in [0.29, 0.717) is 28.0 Å². The molecule has 12 heteroatoms. The second kappa shape index (κ2) is 15.1. The van der Waals surface area contributed by atoms with Crippen LogP contribution in [0.2, 0.25) is 10.0 Å². The highest BCUT2D eigenvalue weighted by molar-refractivity contribution is 7.92. The van der Waals surface area contributed by atoms with Gasteiger partial charge in [-0.2, -0.15) is 0 Å². The molecule has 1 N–H and O–H groups in total. The van der Waals surface area contributed by atoms with Gasteiger partial charge in [0.15, 0.2) is 0 Å². The molecule has 0 aromatic heterocycles. The van der Waals surface area contributed by atoms with Crippen LogP contribution in [0.4, 0.5) is 10.1 Å². The number of sulfonamides is 1. The average molecular weight is 665 g/mol. The molecule has 0 aliphatic heterocycles. The van der Waals surface area contributed by atoms with Gasteiger partial charge in [0.2, 0.25) is 11.8 Å². The second-order valence-corrected chi connectivity index (χ2v) is 13.3. The molecule has 236 valence electrons. The first-order valence-electron chi connectivity index (χ1n) is 14.5. The normalized spacial score (nSPS) is 14.5. The Bertz CT molecular complexity index is 1530. The van der Waals surface area contributed by atoms with Crippen LogP contribution < -0.4 is 14.4 Å². The summed E-state index contributed by atoms with van der Waals surface area (Å²) in [6.07, 6.45) is 4.83. The topological polar surface area (TPSA) is 96.0 Å². The van der Waals surface area contributed by atoms with Gasteiger partial charge in [-0.15, -0.1) is 0 Å². The Morgan fingerprint density at radius 2 is 1.59 bits per heavy atom. The van der Waals surface area contributed by atoms with Gasteiger partial charge in [0.05, 0.1) is 17.2 Å². The molecule has 44 heavy (non-hydrogen) atoms. The van der Waals surface area contributed by atoms with Crippen molar-refractivity contribution in [3.05, 3.63) is 88.2 Å². The van der Waals surface area contributed by atoms with Crippen LogP contribution in [0.1, 0.15) is 51.5 Å². The van der Waals surface area contributed by atoms with Crippen molar-refractivity contribution in [1.82, 2.24) is 10.2 Å². The van der Waals surface area contributed by atoms with Gasteiger partial charge in [0.25, 0.3) is 10.0 Å². The Morgan fingerprint density at radius 3 is 2.18 bits per heavy atom. The number of hydrogen-bond acceptors (Lipinski definition) is 5. The number of nitrogens with zero attached hydrogens (tertiary/aromatic N) is 2. The highest BCUT2D eigenvalue weighted by Gasteiger charge is 2.34. The molecule has 0 saturated heterocycles. The van der Waals surface area contributed by atoms with Gasteiger partial charge in [-0.05, 0) is 87.4 Å². The van der Waals surface area contributed by atoms with E-state index in [-0.39, 0.29) is 29.1 Å². The molecule has 4 rings (SSSR count). The van der Waals surface area contributed by atoms with Crippen molar-refractivity contribution in [2.24, 2.45) is 0 Å². The van der Waals surface area contributed by atoms with E-state index in [1.54, 1.807) is 37.3 Å². The van der Waals surface area contributed by atoms with Crippen molar-refractivity contribution in [3.63, 3.8) is 0 Å². The molecule has 3 aromatic carbocycles. The monoisotopic (exact) mass is 663 g/mol. The van der Waals surface area contributed by atoms with E-state index in [1.807, 2.05) is 6.92 Å². The molecule has 3 aromatic rings. The number of anilines is 1. The van der Waals surface area contributed by atoms with Crippen LogP contribution in [0, 0.1) is 5.82 Å². The third-order valence-corrected chi connectivity index (χ3v) is 10.1. The van der Waals surface area contributed by atoms with Gasteiger partial charge in [-0.1, -0.05) is 48.5 Å². The lowest BCUT2D eigenvalue weighted by Crippen LogP contribution is -2.53. The van der Waals surface area contributed by atoms with Gasteiger partial charge in [0.1, 0.15) is 24.2 Å². The van der Waals surface area contributed by atoms with Crippen LogP contribution in [-0.4, -0.2) is 50.4 Å². The number of rotatable bonds is 12. The molecule has 0 bridgehead atoms. The molecule has 1 aliphatic rings. The summed E-state index contributed by atoms with van der Waals surface area (Å²) < 4.78 is 48.0. The maximum absolute atomic E-state index is 14.2.